The summed E-state index contributed by atoms with van der Waals surface area (Å²) >= 11 is 0. The van der Waals surface area contributed by atoms with Crippen LogP contribution in [-0.2, 0) is 10.8 Å². The Bertz CT molecular complexity index is 252. The van der Waals surface area contributed by atoms with Gasteiger partial charge in [-0.15, -0.1) is 0 Å². The van der Waals surface area contributed by atoms with Gasteiger partial charge in [-0.2, -0.15) is 0 Å². The van der Waals surface area contributed by atoms with Crippen molar-refractivity contribution in [3.05, 3.63) is 12.2 Å². The van der Waals surface area contributed by atoms with E-state index < -0.39 is 10.8 Å². The van der Waals surface area contributed by atoms with E-state index in [9.17, 15) is 4.21 Å². The third-order valence-electron chi connectivity index (χ3n) is 3.38. The predicted octanol–water partition coefficient (Wildman–Crippen LogP) is 1.31. The van der Waals surface area contributed by atoms with Crippen LogP contribution >= 0.6 is 0 Å². The Morgan fingerprint density at radius 1 is 1.57 bits per heavy atom. The van der Waals surface area contributed by atoms with Crippen molar-refractivity contribution in [1.82, 2.24) is 5.32 Å². The number of hydrogen-bond donors (Lipinski definition) is 1. The Hall–Kier alpha value is -0.150. The fourth-order valence-corrected chi connectivity index (χ4v) is 3.06. The smallest absolute Gasteiger partial charge is 0.0244 e. The first kappa shape index (κ1) is 10.4. The normalized spacial score (nSPS) is 36.5. The minimum atomic E-state index is -0.623. The number of nitrogens with one attached hydrogen (secondary N) is 1. The number of hydrogen-bond acceptors (Lipinski definition) is 2. The fraction of sp³-hybridized carbons (Fsp3) is 0.818. The van der Waals surface area contributed by atoms with Crippen LogP contribution in [0.4, 0.5) is 0 Å². The summed E-state index contributed by atoms with van der Waals surface area (Å²) in [7, 11) is -0.623. The van der Waals surface area contributed by atoms with Crippen LogP contribution in [0.1, 0.15) is 19.3 Å². The summed E-state index contributed by atoms with van der Waals surface area (Å²) in [5.74, 6) is 2.58. The van der Waals surface area contributed by atoms with Crippen molar-refractivity contribution in [1.29, 1.82) is 0 Å². The summed E-state index contributed by atoms with van der Waals surface area (Å²) in [6.45, 7) is 1.03. The van der Waals surface area contributed by atoms with E-state index in [0.717, 1.165) is 30.6 Å². The second-order valence-corrected chi connectivity index (χ2v) is 5.98. The largest absolute Gasteiger partial charge is 0.313 e. The first-order valence-electron chi connectivity index (χ1n) is 5.47. The van der Waals surface area contributed by atoms with Crippen molar-refractivity contribution >= 4 is 10.8 Å². The third kappa shape index (κ3) is 2.26. The van der Waals surface area contributed by atoms with Crippen molar-refractivity contribution in [2.75, 3.05) is 18.6 Å². The van der Waals surface area contributed by atoms with Crippen LogP contribution in [0.5, 0.6) is 0 Å². The van der Waals surface area contributed by atoms with Gasteiger partial charge in [-0.25, -0.2) is 0 Å². The molecule has 0 amide bonds. The van der Waals surface area contributed by atoms with Crippen LogP contribution in [0.2, 0.25) is 0 Å². The van der Waals surface area contributed by atoms with E-state index in [-0.39, 0.29) is 0 Å². The molecule has 0 aromatic rings. The summed E-state index contributed by atoms with van der Waals surface area (Å²) in [4.78, 5) is 0. The third-order valence-corrected chi connectivity index (χ3v) is 4.24. The van der Waals surface area contributed by atoms with Crippen molar-refractivity contribution in [2.45, 2.75) is 25.3 Å². The first-order chi connectivity index (χ1) is 6.77. The molecule has 0 radical (unpaired) electrons. The van der Waals surface area contributed by atoms with Gasteiger partial charge < -0.3 is 5.32 Å². The van der Waals surface area contributed by atoms with Crippen molar-refractivity contribution in [3.8, 4) is 0 Å². The average Bonchev–Trinajstić information content (AvgIpc) is 2.46. The SMILES string of the molecule is CS(=O)CCCNC1CC2CC=CC21. The maximum absolute atomic E-state index is 10.8. The van der Waals surface area contributed by atoms with E-state index in [4.69, 9.17) is 0 Å². The molecule has 0 spiro atoms. The summed E-state index contributed by atoms with van der Waals surface area (Å²) in [6, 6.07) is 0.712. The number of allylic oxidation sites excluding steroid dienone is 1. The van der Waals surface area contributed by atoms with Gasteiger partial charge >= 0.3 is 0 Å². The Morgan fingerprint density at radius 3 is 3.14 bits per heavy atom. The van der Waals surface area contributed by atoms with Crippen molar-refractivity contribution < 1.29 is 4.21 Å². The zero-order valence-electron chi connectivity index (χ0n) is 8.74. The second kappa shape index (κ2) is 4.58. The molecule has 0 aliphatic heterocycles. The molecular weight excluding hydrogens is 194 g/mol. The minimum Gasteiger partial charge on any atom is -0.313 e. The molecule has 14 heavy (non-hydrogen) atoms. The summed E-state index contributed by atoms with van der Waals surface area (Å²) in [5.41, 5.74) is 0. The molecule has 2 nitrogen and oxygen atoms in total. The first-order valence-corrected chi connectivity index (χ1v) is 7.20. The van der Waals surface area contributed by atoms with E-state index in [0.29, 0.717) is 6.04 Å². The standard InChI is InChI=1S/C11H19NOS/c1-14(13)7-3-6-12-11-8-9-4-2-5-10(9)11/h2,5,9-12H,3-4,6-8H2,1H3. The summed E-state index contributed by atoms with van der Waals surface area (Å²) in [5, 5.41) is 3.56. The van der Waals surface area contributed by atoms with E-state index in [1.165, 1.54) is 12.8 Å². The monoisotopic (exact) mass is 213 g/mol. The van der Waals surface area contributed by atoms with Crippen LogP contribution < -0.4 is 5.32 Å². The fourth-order valence-electron chi connectivity index (χ4n) is 2.51. The van der Waals surface area contributed by atoms with Crippen molar-refractivity contribution in [2.24, 2.45) is 11.8 Å². The van der Waals surface area contributed by atoms with Gasteiger partial charge in [0.05, 0.1) is 0 Å². The van der Waals surface area contributed by atoms with Gasteiger partial charge in [0.2, 0.25) is 0 Å². The van der Waals surface area contributed by atoms with Gasteiger partial charge in [0, 0.05) is 28.9 Å². The molecule has 0 bridgehead atoms. The zero-order chi connectivity index (χ0) is 9.97. The highest BCUT2D eigenvalue weighted by Gasteiger charge is 2.40. The van der Waals surface area contributed by atoms with Gasteiger partial charge in [0.1, 0.15) is 0 Å². The molecule has 3 heteroatoms. The Morgan fingerprint density at radius 2 is 2.43 bits per heavy atom. The molecule has 2 rings (SSSR count). The molecule has 1 N–H and O–H groups in total. The molecule has 0 saturated heterocycles. The number of rotatable bonds is 5. The second-order valence-electron chi connectivity index (χ2n) is 4.43. The van der Waals surface area contributed by atoms with Gasteiger partial charge in [-0.05, 0) is 37.6 Å². The molecule has 1 saturated carbocycles. The van der Waals surface area contributed by atoms with E-state index in [1.54, 1.807) is 6.26 Å². The van der Waals surface area contributed by atoms with Gasteiger partial charge in [0.25, 0.3) is 0 Å². The van der Waals surface area contributed by atoms with Crippen LogP contribution in [-0.4, -0.2) is 28.8 Å². The predicted molar refractivity (Wildman–Crippen MR) is 60.7 cm³/mol. The Labute approximate surface area is 88.6 Å². The van der Waals surface area contributed by atoms with Gasteiger partial charge in [0.15, 0.2) is 0 Å². The molecule has 1 fully saturated rings. The van der Waals surface area contributed by atoms with Gasteiger partial charge in [-0.1, -0.05) is 12.2 Å². The average molecular weight is 213 g/mol. The number of fused-ring (bicyclic) bond motifs is 1. The quantitative estimate of drug-likeness (QED) is 0.551. The maximum atomic E-state index is 10.8. The van der Waals surface area contributed by atoms with E-state index in [2.05, 4.69) is 17.5 Å². The van der Waals surface area contributed by atoms with Crippen LogP contribution in [0.3, 0.4) is 0 Å². The molecule has 4 atom stereocenters. The zero-order valence-corrected chi connectivity index (χ0v) is 9.56. The lowest BCUT2D eigenvalue weighted by Crippen LogP contribution is -2.48. The van der Waals surface area contributed by atoms with Gasteiger partial charge in [-0.3, -0.25) is 4.21 Å². The molecule has 0 heterocycles. The maximum Gasteiger partial charge on any atom is 0.0244 e. The van der Waals surface area contributed by atoms with Crippen LogP contribution in [0.15, 0.2) is 12.2 Å². The molecule has 80 valence electrons. The lowest BCUT2D eigenvalue weighted by molar-refractivity contribution is 0.164. The Balaban J connectivity index is 1.59. The van der Waals surface area contributed by atoms with Crippen LogP contribution in [0.25, 0.3) is 0 Å². The molecule has 0 aromatic heterocycles. The highest BCUT2D eigenvalue weighted by atomic mass is 32.2. The van der Waals surface area contributed by atoms with Crippen LogP contribution in [0, 0.1) is 11.8 Å². The van der Waals surface area contributed by atoms with Crippen molar-refractivity contribution in [3.63, 3.8) is 0 Å². The summed E-state index contributed by atoms with van der Waals surface area (Å²) < 4.78 is 10.8. The molecule has 2 aliphatic rings. The summed E-state index contributed by atoms with van der Waals surface area (Å²) in [6.07, 6.45) is 10.1. The minimum absolute atomic E-state index is 0.623. The lowest BCUT2D eigenvalue weighted by atomic mass is 9.71. The Kier molecular flexibility index (Phi) is 3.39. The molecule has 4 unspecified atom stereocenters. The van der Waals surface area contributed by atoms with E-state index >= 15 is 0 Å². The lowest BCUT2D eigenvalue weighted by Gasteiger charge is -2.40. The highest BCUT2D eigenvalue weighted by Crippen LogP contribution is 2.42. The van der Waals surface area contributed by atoms with E-state index in [1.807, 2.05) is 0 Å². The molecular formula is C11H19NOS. The highest BCUT2D eigenvalue weighted by molar-refractivity contribution is 7.84. The molecule has 0 aromatic carbocycles. The molecule has 2 aliphatic carbocycles. The topological polar surface area (TPSA) is 29.1 Å².